The zero-order valence-corrected chi connectivity index (χ0v) is 9.88. The van der Waals surface area contributed by atoms with Crippen LogP contribution in [0.1, 0.15) is 52.4 Å². The second kappa shape index (κ2) is 6.41. The summed E-state index contributed by atoms with van der Waals surface area (Å²) in [4.78, 5) is 0. The lowest BCUT2D eigenvalue weighted by atomic mass is 10.1. The smallest absolute Gasteiger partial charge is 0.0731 e. The van der Waals surface area contributed by atoms with Gasteiger partial charge in [-0.05, 0) is 33.2 Å². The van der Waals surface area contributed by atoms with Gasteiger partial charge in [0, 0.05) is 6.04 Å². The van der Waals surface area contributed by atoms with Crippen molar-refractivity contribution in [2.75, 3.05) is 7.05 Å². The minimum atomic E-state index is 0.411. The first-order valence-corrected chi connectivity index (χ1v) is 6.10. The van der Waals surface area contributed by atoms with Gasteiger partial charge < -0.3 is 10.1 Å². The van der Waals surface area contributed by atoms with E-state index in [0.717, 1.165) is 6.42 Å². The molecule has 0 radical (unpaired) electrons. The van der Waals surface area contributed by atoms with Gasteiger partial charge in [-0.25, -0.2) is 0 Å². The molecule has 0 aromatic carbocycles. The molecule has 0 amide bonds. The summed E-state index contributed by atoms with van der Waals surface area (Å²) >= 11 is 0. The van der Waals surface area contributed by atoms with Crippen molar-refractivity contribution in [2.45, 2.75) is 70.6 Å². The molecule has 0 heterocycles. The lowest BCUT2D eigenvalue weighted by molar-refractivity contribution is -0.0258. The molecule has 0 bridgehead atoms. The van der Waals surface area contributed by atoms with Gasteiger partial charge in [0.2, 0.25) is 0 Å². The predicted octanol–water partition coefficient (Wildman–Crippen LogP) is 2.72. The van der Waals surface area contributed by atoms with E-state index in [1.165, 1.54) is 32.1 Å². The molecule has 1 rings (SSSR count). The van der Waals surface area contributed by atoms with Gasteiger partial charge >= 0.3 is 0 Å². The number of ether oxygens (including phenoxy) is 1. The third-order valence-electron chi connectivity index (χ3n) is 3.31. The van der Waals surface area contributed by atoms with E-state index in [1.54, 1.807) is 0 Å². The molecule has 1 aliphatic carbocycles. The summed E-state index contributed by atoms with van der Waals surface area (Å²) in [5.41, 5.74) is 0. The largest absolute Gasteiger partial charge is 0.374 e. The minimum absolute atomic E-state index is 0.411. The summed E-state index contributed by atoms with van der Waals surface area (Å²) in [5, 5.41) is 3.40. The first kappa shape index (κ1) is 12.0. The fourth-order valence-corrected chi connectivity index (χ4v) is 2.16. The van der Waals surface area contributed by atoms with Gasteiger partial charge in [0.25, 0.3) is 0 Å². The zero-order chi connectivity index (χ0) is 10.4. The summed E-state index contributed by atoms with van der Waals surface area (Å²) < 4.78 is 6.06. The van der Waals surface area contributed by atoms with E-state index in [-0.39, 0.29) is 0 Å². The number of hydrogen-bond donors (Lipinski definition) is 1. The molecular formula is C12H25NO. The van der Waals surface area contributed by atoms with Crippen LogP contribution in [-0.2, 0) is 4.74 Å². The van der Waals surface area contributed by atoms with Crippen molar-refractivity contribution < 1.29 is 4.74 Å². The molecule has 3 atom stereocenters. The molecule has 0 aliphatic heterocycles. The highest BCUT2D eigenvalue weighted by Gasteiger charge is 2.23. The first-order chi connectivity index (χ1) is 6.77. The Bertz CT molecular complexity index is 149. The molecule has 0 aromatic heterocycles. The Morgan fingerprint density at radius 2 is 2.00 bits per heavy atom. The van der Waals surface area contributed by atoms with Crippen molar-refractivity contribution in [1.29, 1.82) is 0 Å². The fraction of sp³-hybridized carbons (Fsp3) is 1.00. The van der Waals surface area contributed by atoms with Crippen LogP contribution in [0.3, 0.4) is 0 Å². The van der Waals surface area contributed by atoms with Crippen molar-refractivity contribution in [2.24, 2.45) is 0 Å². The minimum Gasteiger partial charge on any atom is -0.374 e. The van der Waals surface area contributed by atoms with Crippen LogP contribution in [0.25, 0.3) is 0 Å². The van der Waals surface area contributed by atoms with Crippen molar-refractivity contribution in [3.05, 3.63) is 0 Å². The Labute approximate surface area is 88.4 Å². The summed E-state index contributed by atoms with van der Waals surface area (Å²) in [6.07, 6.45) is 8.54. The highest BCUT2D eigenvalue weighted by molar-refractivity contribution is 4.79. The fourth-order valence-electron chi connectivity index (χ4n) is 2.16. The zero-order valence-electron chi connectivity index (χ0n) is 9.88. The van der Waals surface area contributed by atoms with E-state index < -0.39 is 0 Å². The average molecular weight is 199 g/mol. The molecule has 0 spiro atoms. The van der Waals surface area contributed by atoms with Crippen LogP contribution in [0.2, 0.25) is 0 Å². The Hall–Kier alpha value is -0.0800. The van der Waals surface area contributed by atoms with Crippen LogP contribution < -0.4 is 5.32 Å². The molecular weight excluding hydrogens is 174 g/mol. The second-order valence-electron chi connectivity index (χ2n) is 4.43. The van der Waals surface area contributed by atoms with Crippen molar-refractivity contribution >= 4 is 0 Å². The highest BCUT2D eigenvalue weighted by atomic mass is 16.5. The standard InChI is InChI=1S/C12H25NO/c1-4-10(2)14-12-9-7-5-6-8-11(12)13-3/h10-13H,4-9H2,1-3H3. The molecule has 2 nitrogen and oxygen atoms in total. The Balaban J connectivity index is 2.43. The summed E-state index contributed by atoms with van der Waals surface area (Å²) in [7, 11) is 2.06. The maximum atomic E-state index is 6.06. The molecule has 1 fully saturated rings. The molecule has 2 heteroatoms. The number of hydrogen-bond acceptors (Lipinski definition) is 2. The second-order valence-corrected chi connectivity index (χ2v) is 4.43. The number of nitrogens with one attached hydrogen (secondary N) is 1. The van der Waals surface area contributed by atoms with E-state index in [0.29, 0.717) is 18.2 Å². The molecule has 1 N–H and O–H groups in total. The normalized spacial score (nSPS) is 31.1. The lowest BCUT2D eigenvalue weighted by Crippen LogP contribution is -2.40. The summed E-state index contributed by atoms with van der Waals surface area (Å²) in [6, 6.07) is 0.575. The molecule has 84 valence electrons. The molecule has 3 unspecified atom stereocenters. The van der Waals surface area contributed by atoms with Crippen LogP contribution in [0.15, 0.2) is 0 Å². The quantitative estimate of drug-likeness (QED) is 0.703. The Morgan fingerprint density at radius 3 is 2.64 bits per heavy atom. The van der Waals surface area contributed by atoms with Crippen LogP contribution in [0.4, 0.5) is 0 Å². The highest BCUT2D eigenvalue weighted by Crippen LogP contribution is 2.22. The van der Waals surface area contributed by atoms with E-state index in [1.807, 2.05) is 0 Å². The van der Waals surface area contributed by atoms with Gasteiger partial charge in [-0.2, -0.15) is 0 Å². The first-order valence-electron chi connectivity index (χ1n) is 6.10. The number of likely N-dealkylation sites (N-methyl/N-ethyl adjacent to an activating group) is 1. The van der Waals surface area contributed by atoms with Crippen LogP contribution in [0, 0.1) is 0 Å². The molecule has 0 saturated heterocycles. The van der Waals surface area contributed by atoms with Gasteiger partial charge in [0.1, 0.15) is 0 Å². The SMILES string of the molecule is CCC(C)OC1CCCCCC1NC. The molecule has 0 aromatic rings. The predicted molar refractivity (Wildman–Crippen MR) is 60.6 cm³/mol. The van der Waals surface area contributed by atoms with Gasteiger partial charge in [0.05, 0.1) is 12.2 Å². The molecule has 1 saturated carbocycles. The number of rotatable bonds is 4. The van der Waals surface area contributed by atoms with Crippen molar-refractivity contribution in [3.63, 3.8) is 0 Å². The maximum absolute atomic E-state index is 6.06. The van der Waals surface area contributed by atoms with Gasteiger partial charge in [-0.15, -0.1) is 0 Å². The molecule has 1 aliphatic rings. The van der Waals surface area contributed by atoms with Gasteiger partial charge in [-0.3, -0.25) is 0 Å². The molecule has 14 heavy (non-hydrogen) atoms. The van der Waals surface area contributed by atoms with Crippen LogP contribution >= 0.6 is 0 Å². The van der Waals surface area contributed by atoms with Crippen LogP contribution in [0.5, 0.6) is 0 Å². The van der Waals surface area contributed by atoms with E-state index in [2.05, 4.69) is 26.2 Å². The Kier molecular flexibility index (Phi) is 5.49. The van der Waals surface area contributed by atoms with Gasteiger partial charge in [0.15, 0.2) is 0 Å². The van der Waals surface area contributed by atoms with Crippen LogP contribution in [-0.4, -0.2) is 25.3 Å². The lowest BCUT2D eigenvalue weighted by Gasteiger charge is -2.27. The third-order valence-corrected chi connectivity index (χ3v) is 3.31. The average Bonchev–Trinajstić information content (AvgIpc) is 2.42. The van der Waals surface area contributed by atoms with Crippen molar-refractivity contribution in [3.8, 4) is 0 Å². The van der Waals surface area contributed by atoms with E-state index in [4.69, 9.17) is 4.74 Å². The monoisotopic (exact) mass is 199 g/mol. The summed E-state index contributed by atoms with van der Waals surface area (Å²) in [5.74, 6) is 0. The van der Waals surface area contributed by atoms with Crippen molar-refractivity contribution in [1.82, 2.24) is 5.32 Å². The summed E-state index contributed by atoms with van der Waals surface area (Å²) in [6.45, 7) is 4.37. The van der Waals surface area contributed by atoms with Gasteiger partial charge in [-0.1, -0.05) is 26.2 Å². The Morgan fingerprint density at radius 1 is 1.29 bits per heavy atom. The third kappa shape index (κ3) is 3.58. The maximum Gasteiger partial charge on any atom is 0.0731 e. The topological polar surface area (TPSA) is 21.3 Å². The van der Waals surface area contributed by atoms with E-state index in [9.17, 15) is 0 Å². The van der Waals surface area contributed by atoms with E-state index >= 15 is 0 Å².